The van der Waals surface area contributed by atoms with Gasteiger partial charge in [-0.25, -0.2) is 4.68 Å². The third kappa shape index (κ3) is 2.18. The highest BCUT2D eigenvalue weighted by Gasteiger charge is 2.19. The van der Waals surface area contributed by atoms with Crippen LogP contribution in [0.25, 0.3) is 0 Å². The number of aromatic nitrogens is 2. The average Bonchev–Trinajstić information content (AvgIpc) is 2.27. The molecule has 0 N–H and O–H groups in total. The molecular weight excluding hydrogens is 235 g/mol. The summed E-state index contributed by atoms with van der Waals surface area (Å²) >= 11 is 11.5. The van der Waals surface area contributed by atoms with Crippen molar-refractivity contribution < 1.29 is 0 Å². The largest absolute Gasteiger partial charge is 0.287 e. The van der Waals surface area contributed by atoms with Gasteiger partial charge in [0.05, 0.1) is 17.3 Å². The van der Waals surface area contributed by atoms with E-state index >= 15 is 0 Å². The molecule has 0 amide bonds. The van der Waals surface area contributed by atoms with E-state index in [2.05, 4.69) is 5.10 Å². The SMILES string of the molecule is O=c1c(Cl)c(Cl)cnn1C1CCCCC1. The van der Waals surface area contributed by atoms with Gasteiger partial charge in [0.1, 0.15) is 5.02 Å². The third-order valence-corrected chi connectivity index (χ3v) is 3.57. The van der Waals surface area contributed by atoms with Gasteiger partial charge in [0.2, 0.25) is 0 Å². The van der Waals surface area contributed by atoms with Crippen molar-refractivity contribution in [2.75, 3.05) is 0 Å². The molecule has 0 radical (unpaired) electrons. The number of hydrogen-bond donors (Lipinski definition) is 0. The molecule has 1 aliphatic carbocycles. The molecule has 15 heavy (non-hydrogen) atoms. The normalized spacial score (nSPS) is 18.0. The summed E-state index contributed by atoms with van der Waals surface area (Å²) < 4.78 is 1.48. The van der Waals surface area contributed by atoms with Gasteiger partial charge in [-0.15, -0.1) is 0 Å². The number of hydrogen-bond acceptors (Lipinski definition) is 2. The summed E-state index contributed by atoms with van der Waals surface area (Å²) in [4.78, 5) is 11.8. The van der Waals surface area contributed by atoms with Crippen molar-refractivity contribution in [3.05, 3.63) is 26.6 Å². The Balaban J connectivity index is 2.35. The lowest BCUT2D eigenvalue weighted by Gasteiger charge is -2.22. The highest BCUT2D eigenvalue weighted by atomic mass is 35.5. The van der Waals surface area contributed by atoms with E-state index in [1.54, 1.807) is 0 Å². The molecule has 1 aliphatic rings. The molecule has 0 unspecified atom stereocenters. The molecule has 1 heterocycles. The molecule has 0 bridgehead atoms. The van der Waals surface area contributed by atoms with Gasteiger partial charge in [-0.3, -0.25) is 4.79 Å². The Morgan fingerprint density at radius 1 is 1.27 bits per heavy atom. The highest BCUT2D eigenvalue weighted by Crippen LogP contribution is 2.27. The fraction of sp³-hybridized carbons (Fsp3) is 0.600. The highest BCUT2D eigenvalue weighted by molar-refractivity contribution is 6.41. The molecule has 1 saturated carbocycles. The summed E-state index contributed by atoms with van der Waals surface area (Å²) in [5, 5.41) is 4.36. The van der Waals surface area contributed by atoms with Crippen LogP contribution in [0, 0.1) is 0 Å². The Bertz CT molecular complexity index is 410. The maximum absolute atomic E-state index is 11.8. The first-order valence-corrected chi connectivity index (χ1v) is 5.88. The Morgan fingerprint density at radius 2 is 1.93 bits per heavy atom. The van der Waals surface area contributed by atoms with E-state index in [-0.39, 0.29) is 21.6 Å². The van der Waals surface area contributed by atoms with Crippen molar-refractivity contribution in [2.45, 2.75) is 38.1 Å². The van der Waals surface area contributed by atoms with Crippen molar-refractivity contribution in [1.29, 1.82) is 0 Å². The zero-order chi connectivity index (χ0) is 10.8. The fourth-order valence-electron chi connectivity index (χ4n) is 2.01. The molecule has 0 atom stereocenters. The van der Waals surface area contributed by atoms with Crippen LogP contribution in [0.5, 0.6) is 0 Å². The van der Waals surface area contributed by atoms with Crippen LogP contribution in [-0.2, 0) is 0 Å². The first kappa shape index (κ1) is 11.0. The van der Waals surface area contributed by atoms with Gasteiger partial charge in [0.15, 0.2) is 0 Å². The molecule has 0 aromatic carbocycles. The average molecular weight is 247 g/mol. The van der Waals surface area contributed by atoms with E-state index < -0.39 is 0 Å². The van der Waals surface area contributed by atoms with E-state index in [0.29, 0.717) is 0 Å². The molecule has 5 heteroatoms. The molecule has 1 fully saturated rings. The maximum atomic E-state index is 11.8. The van der Waals surface area contributed by atoms with Gasteiger partial charge in [-0.1, -0.05) is 42.5 Å². The summed E-state index contributed by atoms with van der Waals surface area (Å²) in [7, 11) is 0. The predicted molar refractivity (Wildman–Crippen MR) is 60.6 cm³/mol. The molecule has 0 aliphatic heterocycles. The van der Waals surface area contributed by atoms with Crippen LogP contribution < -0.4 is 5.56 Å². The van der Waals surface area contributed by atoms with Gasteiger partial charge in [-0.2, -0.15) is 5.10 Å². The first-order chi connectivity index (χ1) is 7.20. The molecule has 3 nitrogen and oxygen atoms in total. The van der Waals surface area contributed by atoms with Gasteiger partial charge in [0, 0.05) is 0 Å². The summed E-state index contributed by atoms with van der Waals surface area (Å²) in [5.41, 5.74) is -0.268. The van der Waals surface area contributed by atoms with Crippen LogP contribution in [-0.4, -0.2) is 9.78 Å². The van der Waals surface area contributed by atoms with Crippen molar-refractivity contribution >= 4 is 23.2 Å². The topological polar surface area (TPSA) is 34.9 Å². The van der Waals surface area contributed by atoms with Crippen molar-refractivity contribution in [2.24, 2.45) is 0 Å². The zero-order valence-corrected chi connectivity index (χ0v) is 9.76. The molecule has 82 valence electrons. The number of halogens is 2. The maximum Gasteiger partial charge on any atom is 0.287 e. The Morgan fingerprint density at radius 3 is 2.60 bits per heavy atom. The molecule has 1 aromatic heterocycles. The Hall–Kier alpha value is -0.540. The molecule has 0 spiro atoms. The lowest BCUT2D eigenvalue weighted by molar-refractivity contribution is 0.318. The van der Waals surface area contributed by atoms with E-state index in [9.17, 15) is 4.79 Å². The second-order valence-corrected chi connectivity index (χ2v) is 4.63. The first-order valence-electron chi connectivity index (χ1n) is 5.13. The molecule has 2 rings (SSSR count). The summed E-state index contributed by atoms with van der Waals surface area (Å²) in [6.07, 6.45) is 7.00. The molecular formula is C10H12Cl2N2O. The monoisotopic (exact) mass is 246 g/mol. The fourth-order valence-corrected chi connectivity index (χ4v) is 2.27. The minimum atomic E-state index is -0.268. The number of rotatable bonds is 1. The second kappa shape index (κ2) is 4.54. The molecule has 1 aromatic rings. The second-order valence-electron chi connectivity index (χ2n) is 3.85. The van der Waals surface area contributed by atoms with E-state index in [1.165, 1.54) is 17.3 Å². The standard InChI is InChI=1S/C10H12Cl2N2O/c11-8-6-13-14(10(15)9(8)12)7-4-2-1-3-5-7/h6-7H,1-5H2. The quantitative estimate of drug-likeness (QED) is 0.764. The van der Waals surface area contributed by atoms with Gasteiger partial charge >= 0.3 is 0 Å². The van der Waals surface area contributed by atoms with Crippen LogP contribution in [0.2, 0.25) is 10.0 Å². The Kier molecular flexibility index (Phi) is 3.32. The summed E-state index contributed by atoms with van der Waals surface area (Å²) in [5.74, 6) is 0. The zero-order valence-electron chi connectivity index (χ0n) is 8.25. The lowest BCUT2D eigenvalue weighted by Crippen LogP contribution is -2.28. The smallest absolute Gasteiger partial charge is 0.266 e. The lowest BCUT2D eigenvalue weighted by atomic mass is 9.96. The van der Waals surface area contributed by atoms with Gasteiger partial charge < -0.3 is 0 Å². The summed E-state index contributed by atoms with van der Waals surface area (Å²) in [6, 6.07) is 0.195. The van der Waals surface area contributed by atoms with E-state index in [1.807, 2.05) is 0 Å². The summed E-state index contributed by atoms with van der Waals surface area (Å²) in [6.45, 7) is 0. The van der Waals surface area contributed by atoms with Crippen LogP contribution in [0.4, 0.5) is 0 Å². The van der Waals surface area contributed by atoms with Crippen molar-refractivity contribution in [3.63, 3.8) is 0 Å². The van der Waals surface area contributed by atoms with Crippen molar-refractivity contribution in [1.82, 2.24) is 9.78 Å². The van der Waals surface area contributed by atoms with Crippen LogP contribution in [0.15, 0.2) is 11.0 Å². The van der Waals surface area contributed by atoms with E-state index in [0.717, 1.165) is 25.7 Å². The Labute approximate surface area is 98.0 Å². The van der Waals surface area contributed by atoms with E-state index in [4.69, 9.17) is 23.2 Å². The molecule has 0 saturated heterocycles. The minimum Gasteiger partial charge on any atom is -0.266 e. The van der Waals surface area contributed by atoms with Crippen molar-refractivity contribution in [3.8, 4) is 0 Å². The number of nitrogens with zero attached hydrogens (tertiary/aromatic N) is 2. The minimum absolute atomic E-state index is 0.0808. The third-order valence-electron chi connectivity index (χ3n) is 2.82. The van der Waals surface area contributed by atoms with Crippen LogP contribution in [0.3, 0.4) is 0 Å². The van der Waals surface area contributed by atoms with Crippen LogP contribution in [0.1, 0.15) is 38.1 Å². The van der Waals surface area contributed by atoms with Gasteiger partial charge in [0.25, 0.3) is 5.56 Å². The van der Waals surface area contributed by atoms with Crippen LogP contribution >= 0.6 is 23.2 Å². The van der Waals surface area contributed by atoms with Gasteiger partial charge in [-0.05, 0) is 12.8 Å². The predicted octanol–water partition coefficient (Wildman–Crippen LogP) is 3.06.